The van der Waals surface area contributed by atoms with Gasteiger partial charge in [0.2, 0.25) is 5.95 Å². The molecule has 8 nitrogen and oxygen atoms in total. The van der Waals surface area contributed by atoms with E-state index in [2.05, 4.69) is 33.2 Å². The largest absolute Gasteiger partial charge is 0.378 e. The Hall–Kier alpha value is -1.93. The molecular weight excluding hydrogens is 308 g/mol. The maximum atomic E-state index is 5.49. The first-order chi connectivity index (χ1) is 11.7. The lowest BCUT2D eigenvalue weighted by atomic mass is 10.3. The number of imidazole rings is 1. The van der Waals surface area contributed by atoms with Gasteiger partial charge in [0.25, 0.3) is 0 Å². The molecule has 2 aromatic heterocycles. The fourth-order valence-electron chi connectivity index (χ4n) is 3.17. The molecule has 130 valence electrons. The number of hydrogen-bond acceptors (Lipinski definition) is 7. The highest BCUT2D eigenvalue weighted by Crippen LogP contribution is 2.28. The van der Waals surface area contributed by atoms with Crippen molar-refractivity contribution < 1.29 is 9.47 Å². The van der Waals surface area contributed by atoms with E-state index in [-0.39, 0.29) is 0 Å². The monoisotopic (exact) mass is 332 g/mol. The van der Waals surface area contributed by atoms with E-state index in [4.69, 9.17) is 19.4 Å². The van der Waals surface area contributed by atoms with Crippen LogP contribution >= 0.6 is 0 Å². The number of anilines is 2. The van der Waals surface area contributed by atoms with E-state index >= 15 is 0 Å². The minimum atomic E-state index is 0.306. The number of rotatable bonds is 3. The first kappa shape index (κ1) is 15.6. The zero-order chi connectivity index (χ0) is 16.5. The molecule has 0 aromatic carbocycles. The third-order valence-corrected chi connectivity index (χ3v) is 4.55. The molecule has 4 heterocycles. The number of hydrogen-bond donors (Lipinski definition) is 0. The molecule has 0 atom stereocenters. The summed E-state index contributed by atoms with van der Waals surface area (Å²) in [5, 5.41) is 0. The molecule has 4 rings (SSSR count). The Morgan fingerprint density at radius 2 is 1.54 bits per heavy atom. The molecule has 2 aliphatic rings. The first-order valence-corrected chi connectivity index (χ1v) is 8.64. The highest BCUT2D eigenvalue weighted by molar-refractivity contribution is 5.85. The van der Waals surface area contributed by atoms with Crippen molar-refractivity contribution >= 4 is 22.9 Å². The summed E-state index contributed by atoms with van der Waals surface area (Å²) in [7, 11) is 0. The van der Waals surface area contributed by atoms with E-state index in [9.17, 15) is 0 Å². The Morgan fingerprint density at radius 3 is 2.17 bits per heavy atom. The second kappa shape index (κ2) is 6.52. The highest BCUT2D eigenvalue weighted by Gasteiger charge is 2.23. The van der Waals surface area contributed by atoms with Gasteiger partial charge in [0.15, 0.2) is 17.0 Å². The van der Waals surface area contributed by atoms with Crippen molar-refractivity contribution in [2.75, 3.05) is 62.4 Å². The molecule has 0 radical (unpaired) electrons. The molecule has 2 aromatic rings. The van der Waals surface area contributed by atoms with E-state index in [1.54, 1.807) is 0 Å². The van der Waals surface area contributed by atoms with Gasteiger partial charge in [0.05, 0.1) is 32.8 Å². The van der Waals surface area contributed by atoms with Gasteiger partial charge in [-0.15, -0.1) is 0 Å². The number of ether oxygens (including phenoxy) is 2. The smallest absolute Gasteiger partial charge is 0.229 e. The number of aromatic nitrogens is 4. The van der Waals surface area contributed by atoms with Gasteiger partial charge in [-0.1, -0.05) is 0 Å². The topological polar surface area (TPSA) is 68.5 Å². The molecule has 0 amide bonds. The summed E-state index contributed by atoms with van der Waals surface area (Å²) in [5.74, 6) is 1.69. The van der Waals surface area contributed by atoms with Crippen molar-refractivity contribution in [3.8, 4) is 0 Å². The van der Waals surface area contributed by atoms with Crippen LogP contribution in [0.3, 0.4) is 0 Å². The summed E-state index contributed by atoms with van der Waals surface area (Å²) in [5.41, 5.74) is 1.78. The summed E-state index contributed by atoms with van der Waals surface area (Å²) >= 11 is 0. The Bertz CT molecular complexity index is 704. The molecule has 2 fully saturated rings. The summed E-state index contributed by atoms with van der Waals surface area (Å²) in [6, 6.07) is 0.306. The molecular formula is C16H24N6O2. The average molecular weight is 332 g/mol. The van der Waals surface area contributed by atoms with Gasteiger partial charge in [0.1, 0.15) is 0 Å². The van der Waals surface area contributed by atoms with Gasteiger partial charge in [0, 0.05) is 32.2 Å². The highest BCUT2D eigenvalue weighted by atomic mass is 16.5. The molecule has 0 unspecified atom stereocenters. The number of nitrogens with zero attached hydrogens (tertiary/aromatic N) is 6. The first-order valence-electron chi connectivity index (χ1n) is 8.64. The Kier molecular flexibility index (Phi) is 4.24. The molecule has 0 aliphatic carbocycles. The van der Waals surface area contributed by atoms with Crippen LogP contribution in [0.15, 0.2) is 6.33 Å². The standard InChI is InChI=1S/C16H24N6O2/c1-12(2)22-11-17-13-14(20-3-7-23-8-4-20)18-16(19-15(13)22)21-5-9-24-10-6-21/h11-12H,3-10H2,1-2H3. The van der Waals surface area contributed by atoms with E-state index in [1.807, 2.05) is 6.33 Å². The molecule has 0 N–H and O–H groups in total. The van der Waals surface area contributed by atoms with Crippen molar-refractivity contribution in [1.82, 2.24) is 19.5 Å². The van der Waals surface area contributed by atoms with Gasteiger partial charge < -0.3 is 23.8 Å². The fourth-order valence-corrected chi connectivity index (χ4v) is 3.17. The van der Waals surface area contributed by atoms with Crippen LogP contribution in [0.25, 0.3) is 11.2 Å². The minimum absolute atomic E-state index is 0.306. The molecule has 24 heavy (non-hydrogen) atoms. The maximum absolute atomic E-state index is 5.49. The van der Waals surface area contributed by atoms with Crippen molar-refractivity contribution in [2.45, 2.75) is 19.9 Å². The van der Waals surface area contributed by atoms with E-state index < -0.39 is 0 Å². The lowest BCUT2D eigenvalue weighted by molar-refractivity contribution is 0.121. The molecule has 0 spiro atoms. The van der Waals surface area contributed by atoms with Crippen LogP contribution in [0.2, 0.25) is 0 Å². The molecule has 2 saturated heterocycles. The van der Waals surface area contributed by atoms with Crippen molar-refractivity contribution in [1.29, 1.82) is 0 Å². The molecule has 8 heteroatoms. The van der Waals surface area contributed by atoms with Crippen LogP contribution in [-0.2, 0) is 9.47 Å². The van der Waals surface area contributed by atoms with Crippen LogP contribution in [0, 0.1) is 0 Å². The van der Waals surface area contributed by atoms with Crippen molar-refractivity contribution in [3.05, 3.63) is 6.33 Å². The van der Waals surface area contributed by atoms with E-state index in [1.165, 1.54) is 0 Å². The van der Waals surface area contributed by atoms with Crippen LogP contribution in [-0.4, -0.2) is 72.1 Å². The molecule has 2 aliphatic heterocycles. The summed E-state index contributed by atoms with van der Waals surface area (Å²) in [6.07, 6.45) is 1.87. The Balaban J connectivity index is 1.81. The second-order valence-corrected chi connectivity index (χ2v) is 6.46. The lowest BCUT2D eigenvalue weighted by Gasteiger charge is -2.30. The van der Waals surface area contributed by atoms with Crippen molar-refractivity contribution in [3.63, 3.8) is 0 Å². The fraction of sp³-hybridized carbons (Fsp3) is 0.688. The molecule has 0 saturated carbocycles. The van der Waals surface area contributed by atoms with E-state index in [0.29, 0.717) is 6.04 Å². The molecule has 0 bridgehead atoms. The maximum Gasteiger partial charge on any atom is 0.229 e. The van der Waals surface area contributed by atoms with Gasteiger partial charge in [-0.3, -0.25) is 0 Å². The van der Waals surface area contributed by atoms with Gasteiger partial charge in [-0.2, -0.15) is 9.97 Å². The summed E-state index contributed by atoms with van der Waals surface area (Å²) in [4.78, 5) is 18.8. The zero-order valence-corrected chi connectivity index (χ0v) is 14.3. The van der Waals surface area contributed by atoms with Crippen LogP contribution in [0.5, 0.6) is 0 Å². The summed E-state index contributed by atoms with van der Waals surface area (Å²) in [6.45, 7) is 10.5. The van der Waals surface area contributed by atoms with Gasteiger partial charge >= 0.3 is 0 Å². The quantitative estimate of drug-likeness (QED) is 0.833. The number of fused-ring (bicyclic) bond motifs is 1. The minimum Gasteiger partial charge on any atom is -0.378 e. The van der Waals surface area contributed by atoms with Crippen LogP contribution in [0.4, 0.5) is 11.8 Å². The lowest BCUT2D eigenvalue weighted by Crippen LogP contribution is -2.39. The predicted octanol–water partition coefficient (Wildman–Crippen LogP) is 1.08. The van der Waals surface area contributed by atoms with Gasteiger partial charge in [-0.05, 0) is 13.8 Å². The third kappa shape index (κ3) is 2.80. The summed E-state index contributed by atoms with van der Waals surface area (Å²) < 4.78 is 13.1. The third-order valence-electron chi connectivity index (χ3n) is 4.55. The van der Waals surface area contributed by atoms with Crippen molar-refractivity contribution in [2.24, 2.45) is 0 Å². The normalized spacial score (nSPS) is 19.5. The predicted molar refractivity (Wildman–Crippen MR) is 91.8 cm³/mol. The second-order valence-electron chi connectivity index (χ2n) is 6.46. The average Bonchev–Trinajstić information content (AvgIpc) is 3.06. The van der Waals surface area contributed by atoms with Crippen LogP contribution in [0.1, 0.15) is 19.9 Å². The van der Waals surface area contributed by atoms with Crippen LogP contribution < -0.4 is 9.80 Å². The number of morpholine rings is 2. The zero-order valence-electron chi connectivity index (χ0n) is 14.3. The van der Waals surface area contributed by atoms with Gasteiger partial charge in [-0.25, -0.2) is 4.98 Å². The Morgan fingerprint density at radius 1 is 0.917 bits per heavy atom. The Labute approximate surface area is 141 Å². The SMILES string of the molecule is CC(C)n1cnc2c(N3CCOCC3)nc(N3CCOCC3)nc21. The van der Waals surface area contributed by atoms with E-state index in [0.717, 1.165) is 75.5 Å².